The Labute approximate surface area is 118 Å². The van der Waals surface area contributed by atoms with E-state index in [0.29, 0.717) is 5.54 Å². The lowest BCUT2D eigenvalue weighted by molar-refractivity contribution is -0.910. The molecule has 0 atom stereocenters. The number of likely N-dealkylation sites (N-methyl/N-ethyl adjacent to an activating group) is 1. The van der Waals surface area contributed by atoms with Crippen molar-refractivity contribution in [3.63, 3.8) is 0 Å². The first-order valence-corrected chi connectivity index (χ1v) is 7.95. The fraction of sp³-hybridized carbons (Fsp3) is 0.667. The topological polar surface area (TPSA) is 4.44 Å². The second-order valence-corrected chi connectivity index (χ2v) is 7.40. The first kappa shape index (κ1) is 13.2. The van der Waals surface area contributed by atoms with Crippen molar-refractivity contribution >= 4 is 0 Å². The maximum absolute atomic E-state index is 2.55. The molecule has 0 saturated heterocycles. The van der Waals surface area contributed by atoms with Crippen LogP contribution in [0.5, 0.6) is 0 Å². The van der Waals surface area contributed by atoms with Gasteiger partial charge in [0.15, 0.2) is 0 Å². The van der Waals surface area contributed by atoms with E-state index >= 15 is 0 Å². The molecule has 0 saturated carbocycles. The zero-order valence-corrected chi connectivity index (χ0v) is 13.0. The van der Waals surface area contributed by atoms with Gasteiger partial charge in [0.25, 0.3) is 0 Å². The summed E-state index contributed by atoms with van der Waals surface area (Å²) < 4.78 is 0. The Balaban J connectivity index is 2.05. The maximum atomic E-state index is 2.55. The van der Waals surface area contributed by atoms with Crippen LogP contribution in [-0.4, -0.2) is 19.6 Å². The quantitative estimate of drug-likeness (QED) is 0.847. The fourth-order valence-electron chi connectivity index (χ4n) is 3.77. The van der Waals surface area contributed by atoms with Crippen molar-refractivity contribution in [1.82, 2.24) is 0 Å². The van der Waals surface area contributed by atoms with Gasteiger partial charge in [0.05, 0.1) is 19.6 Å². The SMILES string of the molecule is C[NH+](C)C(C)(C)Cc1c2c(cc3c1CCC3)CCC2. The van der Waals surface area contributed by atoms with Crippen molar-refractivity contribution in [2.75, 3.05) is 14.1 Å². The number of nitrogens with one attached hydrogen (secondary N) is 1. The average molecular weight is 258 g/mol. The molecule has 0 unspecified atom stereocenters. The summed E-state index contributed by atoms with van der Waals surface area (Å²) in [6.45, 7) is 4.83. The Kier molecular flexibility index (Phi) is 3.21. The van der Waals surface area contributed by atoms with Gasteiger partial charge < -0.3 is 4.90 Å². The van der Waals surface area contributed by atoms with Gasteiger partial charge in [0.2, 0.25) is 0 Å². The van der Waals surface area contributed by atoms with Crippen molar-refractivity contribution < 1.29 is 4.90 Å². The molecule has 1 nitrogen and oxygen atoms in total. The highest BCUT2D eigenvalue weighted by molar-refractivity contribution is 5.50. The molecule has 0 bridgehead atoms. The molecule has 0 aromatic heterocycles. The zero-order valence-electron chi connectivity index (χ0n) is 13.0. The van der Waals surface area contributed by atoms with E-state index in [2.05, 4.69) is 34.0 Å². The lowest BCUT2D eigenvalue weighted by Gasteiger charge is -2.31. The highest BCUT2D eigenvalue weighted by atomic mass is 15.1. The van der Waals surface area contributed by atoms with Gasteiger partial charge >= 0.3 is 0 Å². The van der Waals surface area contributed by atoms with Crippen molar-refractivity contribution in [2.24, 2.45) is 0 Å². The predicted octanol–water partition coefficient (Wildman–Crippen LogP) is 2.13. The molecule has 104 valence electrons. The Hall–Kier alpha value is -0.820. The highest BCUT2D eigenvalue weighted by Crippen LogP contribution is 2.36. The first-order valence-electron chi connectivity index (χ1n) is 7.95. The summed E-state index contributed by atoms with van der Waals surface area (Å²) in [4.78, 5) is 1.56. The summed E-state index contributed by atoms with van der Waals surface area (Å²) in [6, 6.07) is 2.55. The van der Waals surface area contributed by atoms with E-state index in [-0.39, 0.29) is 0 Å². The number of aryl methyl sites for hydroxylation is 2. The van der Waals surface area contributed by atoms with Crippen LogP contribution in [0, 0.1) is 0 Å². The Morgan fingerprint density at radius 3 is 1.95 bits per heavy atom. The predicted molar refractivity (Wildman–Crippen MR) is 81.1 cm³/mol. The summed E-state index contributed by atoms with van der Waals surface area (Å²) >= 11 is 0. The molecule has 0 aliphatic heterocycles. The third-order valence-corrected chi connectivity index (χ3v) is 5.57. The molecule has 0 spiro atoms. The molecule has 2 aliphatic carbocycles. The smallest absolute Gasteiger partial charge is 0.0956 e. The Bertz CT molecular complexity index is 465. The molecular formula is C18H28N+. The number of fused-ring (bicyclic) bond motifs is 2. The maximum Gasteiger partial charge on any atom is 0.0956 e. The van der Waals surface area contributed by atoms with Gasteiger partial charge in [-0.15, -0.1) is 0 Å². The number of hydrogen-bond donors (Lipinski definition) is 1. The molecule has 1 aromatic carbocycles. The van der Waals surface area contributed by atoms with E-state index in [4.69, 9.17) is 0 Å². The van der Waals surface area contributed by atoms with E-state index < -0.39 is 0 Å². The number of quaternary nitrogens is 1. The number of rotatable bonds is 3. The van der Waals surface area contributed by atoms with E-state index in [0.717, 1.165) is 0 Å². The highest BCUT2D eigenvalue weighted by Gasteiger charge is 2.31. The monoisotopic (exact) mass is 258 g/mol. The van der Waals surface area contributed by atoms with Crippen LogP contribution in [0.1, 0.15) is 54.5 Å². The number of hydrogen-bond acceptors (Lipinski definition) is 0. The first-order chi connectivity index (χ1) is 8.99. The van der Waals surface area contributed by atoms with Crippen LogP contribution in [0.15, 0.2) is 6.07 Å². The van der Waals surface area contributed by atoms with E-state index in [1.54, 1.807) is 32.7 Å². The van der Waals surface area contributed by atoms with Gasteiger partial charge in [-0.2, -0.15) is 0 Å². The minimum atomic E-state index is 0.341. The van der Waals surface area contributed by atoms with Crippen molar-refractivity contribution in [2.45, 2.75) is 64.3 Å². The molecular weight excluding hydrogens is 230 g/mol. The molecule has 3 rings (SSSR count). The lowest BCUT2D eigenvalue weighted by atomic mass is 9.85. The molecule has 1 aromatic rings. The molecule has 19 heavy (non-hydrogen) atoms. The zero-order chi connectivity index (χ0) is 13.6. The second-order valence-electron chi connectivity index (χ2n) is 7.40. The Morgan fingerprint density at radius 1 is 0.947 bits per heavy atom. The van der Waals surface area contributed by atoms with Gasteiger partial charge in [-0.25, -0.2) is 0 Å². The minimum Gasteiger partial charge on any atom is -0.335 e. The fourth-order valence-corrected chi connectivity index (χ4v) is 3.77. The third kappa shape index (κ3) is 2.23. The van der Waals surface area contributed by atoms with Gasteiger partial charge in [0, 0.05) is 6.42 Å². The molecule has 1 N–H and O–H groups in total. The largest absolute Gasteiger partial charge is 0.335 e. The van der Waals surface area contributed by atoms with Crippen LogP contribution in [-0.2, 0) is 32.1 Å². The average Bonchev–Trinajstić information content (AvgIpc) is 2.95. The standard InChI is InChI=1S/C18H27N/c1-18(2,19(3)4)12-17-15-9-5-7-13(15)11-14-8-6-10-16(14)17/h11H,5-10,12H2,1-4H3/p+1. The van der Waals surface area contributed by atoms with E-state index in [9.17, 15) is 0 Å². The van der Waals surface area contributed by atoms with Crippen LogP contribution in [0.25, 0.3) is 0 Å². The molecule has 0 heterocycles. The van der Waals surface area contributed by atoms with Gasteiger partial charge in [0.1, 0.15) is 0 Å². The van der Waals surface area contributed by atoms with Gasteiger partial charge in [-0.05, 0) is 80.2 Å². The van der Waals surface area contributed by atoms with Crippen molar-refractivity contribution in [3.05, 3.63) is 33.9 Å². The minimum absolute atomic E-state index is 0.341. The molecule has 1 heteroatoms. The normalized spacial score (nSPS) is 17.9. The summed E-state index contributed by atoms with van der Waals surface area (Å²) in [7, 11) is 4.59. The lowest BCUT2D eigenvalue weighted by Crippen LogP contribution is -3.14. The summed E-state index contributed by atoms with van der Waals surface area (Å²) in [6.07, 6.45) is 9.31. The van der Waals surface area contributed by atoms with Crippen LogP contribution >= 0.6 is 0 Å². The van der Waals surface area contributed by atoms with E-state index in [1.165, 1.54) is 44.9 Å². The second kappa shape index (κ2) is 4.63. The summed E-state index contributed by atoms with van der Waals surface area (Å²) in [5.74, 6) is 0. The summed E-state index contributed by atoms with van der Waals surface area (Å²) in [5, 5.41) is 0. The van der Waals surface area contributed by atoms with Crippen LogP contribution in [0.2, 0.25) is 0 Å². The molecule has 0 amide bonds. The molecule has 0 radical (unpaired) electrons. The van der Waals surface area contributed by atoms with Crippen molar-refractivity contribution in [1.29, 1.82) is 0 Å². The Morgan fingerprint density at radius 2 is 1.47 bits per heavy atom. The van der Waals surface area contributed by atoms with Crippen LogP contribution in [0.4, 0.5) is 0 Å². The molecule has 0 fully saturated rings. The van der Waals surface area contributed by atoms with Crippen molar-refractivity contribution in [3.8, 4) is 0 Å². The summed E-state index contributed by atoms with van der Waals surface area (Å²) in [5.41, 5.74) is 8.91. The van der Waals surface area contributed by atoms with Crippen LogP contribution < -0.4 is 4.90 Å². The van der Waals surface area contributed by atoms with Crippen LogP contribution in [0.3, 0.4) is 0 Å². The third-order valence-electron chi connectivity index (χ3n) is 5.57. The number of benzene rings is 1. The van der Waals surface area contributed by atoms with E-state index in [1.807, 2.05) is 0 Å². The molecule has 2 aliphatic rings. The van der Waals surface area contributed by atoms with Gasteiger partial charge in [-0.3, -0.25) is 0 Å². The van der Waals surface area contributed by atoms with Gasteiger partial charge in [-0.1, -0.05) is 6.07 Å².